The third-order valence-electron chi connectivity index (χ3n) is 3.12. The zero-order valence-corrected chi connectivity index (χ0v) is 12.4. The lowest BCUT2D eigenvalue weighted by Gasteiger charge is -2.15. The molecule has 1 saturated heterocycles. The Morgan fingerprint density at radius 2 is 1.95 bits per heavy atom. The van der Waals surface area contributed by atoms with Crippen molar-refractivity contribution < 1.29 is 4.74 Å². The zero-order chi connectivity index (χ0) is 13.7. The van der Waals surface area contributed by atoms with Crippen LogP contribution < -0.4 is 9.64 Å². The lowest BCUT2D eigenvalue weighted by atomic mass is 10.1. The van der Waals surface area contributed by atoms with Crippen LogP contribution in [0.3, 0.4) is 0 Å². The van der Waals surface area contributed by atoms with Gasteiger partial charge < -0.3 is 9.64 Å². The van der Waals surface area contributed by atoms with E-state index in [0.29, 0.717) is 24.5 Å². The first-order chi connectivity index (χ1) is 9.15. The van der Waals surface area contributed by atoms with Crippen LogP contribution in [0.4, 0.5) is 5.95 Å². The minimum Gasteiger partial charge on any atom is -0.463 e. The summed E-state index contributed by atoms with van der Waals surface area (Å²) in [6.07, 6.45) is 4.49. The van der Waals surface area contributed by atoms with Gasteiger partial charge in [-0.3, -0.25) is 0 Å². The predicted molar refractivity (Wildman–Crippen MR) is 75.9 cm³/mol. The molecule has 0 atom stereocenters. The molecule has 2 rings (SSSR count). The lowest BCUT2D eigenvalue weighted by molar-refractivity contribution is 0.275. The third kappa shape index (κ3) is 4.49. The number of nitrogens with zero attached hydrogens (tertiary/aromatic N) is 4. The summed E-state index contributed by atoms with van der Waals surface area (Å²) in [6.45, 7) is 6.98. The van der Waals surface area contributed by atoms with Crippen LogP contribution in [0.1, 0.15) is 39.5 Å². The molecule has 6 heteroatoms. The van der Waals surface area contributed by atoms with Crippen molar-refractivity contribution >= 4 is 17.5 Å². The Morgan fingerprint density at radius 3 is 2.63 bits per heavy atom. The molecule has 0 amide bonds. The van der Waals surface area contributed by atoms with Crippen molar-refractivity contribution in [1.82, 2.24) is 15.0 Å². The maximum atomic E-state index is 5.92. The van der Waals surface area contributed by atoms with Gasteiger partial charge >= 0.3 is 6.01 Å². The van der Waals surface area contributed by atoms with Crippen LogP contribution in [0.5, 0.6) is 6.01 Å². The van der Waals surface area contributed by atoms with Crippen LogP contribution >= 0.6 is 11.6 Å². The number of rotatable bonds is 6. The fourth-order valence-electron chi connectivity index (χ4n) is 2.10. The minimum atomic E-state index is 0.204. The molecule has 1 aliphatic rings. The van der Waals surface area contributed by atoms with Gasteiger partial charge in [-0.1, -0.05) is 13.8 Å². The second-order valence-electron chi connectivity index (χ2n) is 5.27. The van der Waals surface area contributed by atoms with Gasteiger partial charge in [0, 0.05) is 13.1 Å². The number of hydrogen-bond donors (Lipinski definition) is 0. The second kappa shape index (κ2) is 6.89. The van der Waals surface area contributed by atoms with E-state index < -0.39 is 0 Å². The van der Waals surface area contributed by atoms with Gasteiger partial charge in [-0.15, -0.1) is 0 Å². The Kier molecular flexibility index (Phi) is 5.19. The molecule has 1 aromatic heterocycles. The summed E-state index contributed by atoms with van der Waals surface area (Å²) >= 11 is 5.92. The standard InChI is InChI=1S/C13H21ClN4O/c1-10(2)6-5-9-19-13-16-11(14)15-12(17-13)18-7-3-4-8-18/h10H,3-9H2,1-2H3. The van der Waals surface area contributed by atoms with Crippen LogP contribution in [0.15, 0.2) is 0 Å². The van der Waals surface area contributed by atoms with Gasteiger partial charge in [0.2, 0.25) is 11.2 Å². The maximum absolute atomic E-state index is 5.92. The zero-order valence-electron chi connectivity index (χ0n) is 11.6. The van der Waals surface area contributed by atoms with E-state index >= 15 is 0 Å². The maximum Gasteiger partial charge on any atom is 0.322 e. The van der Waals surface area contributed by atoms with Crippen LogP contribution in [0.25, 0.3) is 0 Å². The number of halogens is 1. The molecule has 0 radical (unpaired) electrons. The summed E-state index contributed by atoms with van der Waals surface area (Å²) < 4.78 is 5.56. The monoisotopic (exact) mass is 284 g/mol. The number of hydrogen-bond acceptors (Lipinski definition) is 5. The van der Waals surface area contributed by atoms with Crippen molar-refractivity contribution in [1.29, 1.82) is 0 Å². The van der Waals surface area contributed by atoms with Crippen molar-refractivity contribution in [2.24, 2.45) is 5.92 Å². The Labute approximate surface area is 119 Å². The molecular weight excluding hydrogens is 264 g/mol. The van der Waals surface area contributed by atoms with E-state index in [1.165, 1.54) is 12.8 Å². The van der Waals surface area contributed by atoms with Crippen molar-refractivity contribution in [2.45, 2.75) is 39.5 Å². The lowest BCUT2D eigenvalue weighted by Crippen LogP contribution is -2.21. The number of anilines is 1. The highest BCUT2D eigenvalue weighted by molar-refractivity contribution is 6.28. The van der Waals surface area contributed by atoms with E-state index in [-0.39, 0.29) is 5.28 Å². The fraction of sp³-hybridized carbons (Fsp3) is 0.769. The topological polar surface area (TPSA) is 51.1 Å². The Bertz CT molecular complexity index is 408. The molecule has 106 valence electrons. The van der Waals surface area contributed by atoms with Gasteiger partial charge in [-0.25, -0.2) is 0 Å². The summed E-state index contributed by atoms with van der Waals surface area (Å²) in [4.78, 5) is 14.6. The molecule has 0 spiro atoms. The number of ether oxygens (including phenoxy) is 1. The largest absolute Gasteiger partial charge is 0.463 e. The Hall–Kier alpha value is -1.10. The number of aromatic nitrogens is 3. The highest BCUT2D eigenvalue weighted by atomic mass is 35.5. The summed E-state index contributed by atoms with van der Waals surface area (Å²) in [7, 11) is 0. The average Bonchev–Trinajstić information content (AvgIpc) is 2.87. The van der Waals surface area contributed by atoms with Crippen LogP contribution in [-0.4, -0.2) is 34.6 Å². The highest BCUT2D eigenvalue weighted by Crippen LogP contribution is 2.19. The predicted octanol–water partition coefficient (Wildman–Crippen LogP) is 2.94. The Balaban J connectivity index is 1.92. The van der Waals surface area contributed by atoms with E-state index in [0.717, 1.165) is 25.9 Å². The first kappa shape index (κ1) is 14.3. The van der Waals surface area contributed by atoms with Crippen LogP contribution in [0.2, 0.25) is 5.28 Å². The van der Waals surface area contributed by atoms with Gasteiger partial charge in [0.25, 0.3) is 0 Å². The molecule has 0 saturated carbocycles. The normalized spacial score (nSPS) is 15.3. The van der Waals surface area contributed by atoms with Gasteiger partial charge in [-0.2, -0.15) is 15.0 Å². The first-order valence-electron chi connectivity index (χ1n) is 6.94. The second-order valence-corrected chi connectivity index (χ2v) is 5.60. The molecule has 1 aliphatic heterocycles. The molecule has 0 bridgehead atoms. The molecule has 0 unspecified atom stereocenters. The third-order valence-corrected chi connectivity index (χ3v) is 3.29. The molecule has 19 heavy (non-hydrogen) atoms. The summed E-state index contributed by atoms with van der Waals surface area (Å²) in [5, 5.41) is 0.204. The minimum absolute atomic E-state index is 0.204. The summed E-state index contributed by atoms with van der Waals surface area (Å²) in [5.74, 6) is 1.32. The molecular formula is C13H21ClN4O. The molecule has 0 aliphatic carbocycles. The van der Waals surface area contributed by atoms with Gasteiger partial charge in [0.1, 0.15) is 0 Å². The van der Waals surface area contributed by atoms with Crippen molar-refractivity contribution in [3.05, 3.63) is 5.28 Å². The van der Waals surface area contributed by atoms with Crippen molar-refractivity contribution in [3.8, 4) is 6.01 Å². The van der Waals surface area contributed by atoms with Gasteiger partial charge in [0.15, 0.2) is 0 Å². The SMILES string of the molecule is CC(C)CCCOc1nc(Cl)nc(N2CCCC2)n1. The molecule has 0 N–H and O–H groups in total. The van der Waals surface area contributed by atoms with Crippen LogP contribution in [-0.2, 0) is 0 Å². The van der Waals surface area contributed by atoms with Gasteiger partial charge in [-0.05, 0) is 43.2 Å². The molecule has 1 fully saturated rings. The quantitative estimate of drug-likeness (QED) is 0.752. The van der Waals surface area contributed by atoms with E-state index in [9.17, 15) is 0 Å². The molecule has 5 nitrogen and oxygen atoms in total. The van der Waals surface area contributed by atoms with E-state index in [1.54, 1.807) is 0 Å². The summed E-state index contributed by atoms with van der Waals surface area (Å²) in [5.41, 5.74) is 0. The molecule has 0 aromatic carbocycles. The molecule has 2 heterocycles. The van der Waals surface area contributed by atoms with E-state index in [1.807, 2.05) is 0 Å². The van der Waals surface area contributed by atoms with Gasteiger partial charge in [0.05, 0.1) is 6.61 Å². The highest BCUT2D eigenvalue weighted by Gasteiger charge is 2.17. The van der Waals surface area contributed by atoms with E-state index in [4.69, 9.17) is 16.3 Å². The van der Waals surface area contributed by atoms with E-state index in [2.05, 4.69) is 33.7 Å². The van der Waals surface area contributed by atoms with Crippen molar-refractivity contribution in [3.63, 3.8) is 0 Å². The average molecular weight is 285 g/mol. The summed E-state index contributed by atoms with van der Waals surface area (Å²) in [6, 6.07) is 0.339. The van der Waals surface area contributed by atoms with Crippen molar-refractivity contribution in [2.75, 3.05) is 24.6 Å². The Morgan fingerprint density at radius 1 is 1.21 bits per heavy atom. The first-order valence-corrected chi connectivity index (χ1v) is 7.32. The van der Waals surface area contributed by atoms with Crippen LogP contribution in [0, 0.1) is 5.92 Å². The molecule has 1 aromatic rings. The smallest absolute Gasteiger partial charge is 0.322 e. The fourth-order valence-corrected chi connectivity index (χ4v) is 2.25.